The van der Waals surface area contributed by atoms with Gasteiger partial charge in [-0.25, -0.2) is 4.98 Å². The highest BCUT2D eigenvalue weighted by atomic mass is 15.2. The van der Waals surface area contributed by atoms with Crippen LogP contribution >= 0.6 is 0 Å². The minimum Gasteiger partial charge on any atom is -0.382 e. The molecule has 1 unspecified atom stereocenters. The average molecular weight is 303 g/mol. The average Bonchev–Trinajstić information content (AvgIpc) is 2.97. The number of hydrogen-bond donors (Lipinski definition) is 3. The number of nitrogens with two attached hydrogens (primary N) is 1. The number of aromatic amines is 1. The number of nitrogens with one attached hydrogen (secondary N) is 2. The van der Waals surface area contributed by atoms with Crippen LogP contribution in [0.4, 0.5) is 11.8 Å². The van der Waals surface area contributed by atoms with Crippen LogP contribution in [-0.4, -0.2) is 51.5 Å². The van der Waals surface area contributed by atoms with Gasteiger partial charge in [0.1, 0.15) is 5.52 Å². The number of likely N-dealkylation sites (N-methyl/N-ethyl adjacent to an activating group) is 1. The summed E-state index contributed by atoms with van der Waals surface area (Å²) in [7, 11) is 4.29. The molecule has 4 N–H and O–H groups in total. The van der Waals surface area contributed by atoms with Crippen molar-refractivity contribution in [2.75, 3.05) is 31.7 Å². The second-order valence-electron chi connectivity index (χ2n) is 6.34. The molecule has 1 saturated carbocycles. The Balaban J connectivity index is 1.70. The highest BCUT2D eigenvalue weighted by Crippen LogP contribution is 2.28. The Morgan fingerprint density at radius 1 is 1.32 bits per heavy atom. The monoisotopic (exact) mass is 303 g/mol. The Morgan fingerprint density at radius 3 is 2.82 bits per heavy atom. The van der Waals surface area contributed by atoms with Crippen LogP contribution in [0.25, 0.3) is 11.2 Å². The number of rotatable bonds is 5. The van der Waals surface area contributed by atoms with Gasteiger partial charge >= 0.3 is 0 Å². The van der Waals surface area contributed by atoms with E-state index in [1.807, 2.05) is 0 Å². The Bertz CT molecular complexity index is 615. The first kappa shape index (κ1) is 15.0. The van der Waals surface area contributed by atoms with E-state index in [1.165, 1.54) is 32.1 Å². The van der Waals surface area contributed by atoms with Crippen LogP contribution in [0.3, 0.4) is 0 Å². The summed E-state index contributed by atoms with van der Waals surface area (Å²) in [4.78, 5) is 18.1. The van der Waals surface area contributed by atoms with Gasteiger partial charge in [0, 0.05) is 12.6 Å². The lowest BCUT2D eigenvalue weighted by molar-refractivity contribution is 0.179. The fraction of sp³-hybridized carbons (Fsp3) is 0.667. The SMILES string of the molecule is CN(C)C(CNc1nc(N)c2[nH]cnc2n1)C1CCCCC1. The number of nitrogens with zero attached hydrogens (tertiary/aromatic N) is 4. The van der Waals surface area contributed by atoms with E-state index in [9.17, 15) is 0 Å². The zero-order valence-electron chi connectivity index (χ0n) is 13.3. The van der Waals surface area contributed by atoms with Gasteiger partial charge in [0.15, 0.2) is 11.5 Å². The molecule has 1 aliphatic rings. The molecule has 3 rings (SSSR count). The van der Waals surface area contributed by atoms with Crippen LogP contribution in [0.1, 0.15) is 32.1 Å². The van der Waals surface area contributed by atoms with Gasteiger partial charge in [0.05, 0.1) is 6.33 Å². The van der Waals surface area contributed by atoms with E-state index in [-0.39, 0.29) is 0 Å². The highest BCUT2D eigenvalue weighted by molar-refractivity contribution is 5.82. The molecule has 1 aliphatic carbocycles. The molecule has 120 valence electrons. The van der Waals surface area contributed by atoms with Gasteiger partial charge in [-0.2, -0.15) is 9.97 Å². The van der Waals surface area contributed by atoms with Crippen LogP contribution in [0, 0.1) is 5.92 Å². The summed E-state index contributed by atoms with van der Waals surface area (Å²) in [5.41, 5.74) is 7.24. The number of aromatic nitrogens is 4. The summed E-state index contributed by atoms with van der Waals surface area (Å²) < 4.78 is 0. The van der Waals surface area contributed by atoms with Crippen molar-refractivity contribution in [2.45, 2.75) is 38.1 Å². The van der Waals surface area contributed by atoms with Gasteiger partial charge in [0.25, 0.3) is 0 Å². The minimum atomic E-state index is 0.434. The minimum absolute atomic E-state index is 0.434. The molecule has 7 heteroatoms. The standard InChI is InChI=1S/C15H25N7/c1-22(2)11(10-6-4-3-5-7-10)8-17-15-20-13(16)12-14(21-15)19-9-18-12/h9-11H,3-8H2,1-2H3,(H4,16,17,18,19,20,21). The molecule has 1 atom stereocenters. The lowest BCUT2D eigenvalue weighted by Gasteiger charge is -2.34. The van der Waals surface area contributed by atoms with Crippen molar-refractivity contribution in [3.63, 3.8) is 0 Å². The molecule has 1 fully saturated rings. The van der Waals surface area contributed by atoms with E-state index >= 15 is 0 Å². The number of hydrogen-bond acceptors (Lipinski definition) is 6. The third kappa shape index (κ3) is 3.14. The molecule has 0 saturated heterocycles. The normalized spacial score (nSPS) is 18.0. The van der Waals surface area contributed by atoms with E-state index in [0.717, 1.165) is 12.5 Å². The van der Waals surface area contributed by atoms with Gasteiger partial charge in [-0.1, -0.05) is 19.3 Å². The molecular weight excluding hydrogens is 278 g/mol. The predicted octanol–water partition coefficient (Wildman–Crippen LogP) is 1.86. The molecule has 7 nitrogen and oxygen atoms in total. The van der Waals surface area contributed by atoms with E-state index in [0.29, 0.717) is 29.0 Å². The van der Waals surface area contributed by atoms with Crippen molar-refractivity contribution < 1.29 is 0 Å². The lowest BCUT2D eigenvalue weighted by atomic mass is 9.83. The second-order valence-corrected chi connectivity index (χ2v) is 6.34. The Labute approximate surface area is 130 Å². The molecule has 2 aromatic heterocycles. The molecule has 0 aliphatic heterocycles. The maximum Gasteiger partial charge on any atom is 0.226 e. The van der Waals surface area contributed by atoms with E-state index < -0.39 is 0 Å². The molecule has 0 amide bonds. The quantitative estimate of drug-likeness (QED) is 0.780. The lowest BCUT2D eigenvalue weighted by Crippen LogP contribution is -2.41. The number of H-pyrrole nitrogens is 1. The first-order chi connectivity index (χ1) is 10.6. The first-order valence-corrected chi connectivity index (χ1v) is 8.02. The smallest absolute Gasteiger partial charge is 0.226 e. The largest absolute Gasteiger partial charge is 0.382 e. The molecule has 2 heterocycles. The third-order valence-corrected chi connectivity index (χ3v) is 4.64. The Kier molecular flexibility index (Phi) is 4.42. The van der Waals surface area contributed by atoms with Gasteiger partial charge in [-0.3, -0.25) is 0 Å². The summed E-state index contributed by atoms with van der Waals surface area (Å²) in [5.74, 6) is 1.73. The van der Waals surface area contributed by atoms with Crippen LogP contribution in [0.5, 0.6) is 0 Å². The molecule has 0 bridgehead atoms. The molecule has 0 spiro atoms. The summed E-state index contributed by atoms with van der Waals surface area (Å²) in [6, 6.07) is 0.486. The molecule has 22 heavy (non-hydrogen) atoms. The fourth-order valence-corrected chi connectivity index (χ4v) is 3.42. The van der Waals surface area contributed by atoms with Gasteiger partial charge in [-0.05, 0) is 32.9 Å². The van der Waals surface area contributed by atoms with E-state index in [4.69, 9.17) is 5.73 Å². The topological polar surface area (TPSA) is 95.8 Å². The Morgan fingerprint density at radius 2 is 2.09 bits per heavy atom. The fourth-order valence-electron chi connectivity index (χ4n) is 3.42. The van der Waals surface area contributed by atoms with Crippen molar-refractivity contribution in [3.05, 3.63) is 6.33 Å². The number of anilines is 2. The van der Waals surface area contributed by atoms with Crippen molar-refractivity contribution in [1.29, 1.82) is 0 Å². The van der Waals surface area contributed by atoms with Crippen molar-refractivity contribution >= 4 is 22.9 Å². The van der Waals surface area contributed by atoms with Gasteiger partial charge < -0.3 is 20.9 Å². The van der Waals surface area contributed by atoms with Gasteiger partial charge in [0.2, 0.25) is 5.95 Å². The Hall–Kier alpha value is -1.89. The molecular formula is C15H25N7. The maximum absolute atomic E-state index is 5.94. The zero-order chi connectivity index (χ0) is 15.5. The van der Waals surface area contributed by atoms with Crippen molar-refractivity contribution in [3.8, 4) is 0 Å². The van der Waals surface area contributed by atoms with E-state index in [2.05, 4.69) is 44.2 Å². The molecule has 0 radical (unpaired) electrons. The summed E-state index contributed by atoms with van der Waals surface area (Å²) in [6.45, 7) is 0.826. The molecule has 2 aromatic rings. The second kappa shape index (κ2) is 6.48. The zero-order valence-corrected chi connectivity index (χ0v) is 13.3. The summed E-state index contributed by atoms with van der Waals surface area (Å²) in [6.07, 6.45) is 8.27. The van der Waals surface area contributed by atoms with Crippen molar-refractivity contribution in [2.24, 2.45) is 5.92 Å². The number of nitrogen functional groups attached to an aromatic ring is 1. The molecule has 0 aromatic carbocycles. The summed E-state index contributed by atoms with van der Waals surface area (Å²) >= 11 is 0. The van der Waals surface area contributed by atoms with E-state index in [1.54, 1.807) is 6.33 Å². The highest BCUT2D eigenvalue weighted by Gasteiger charge is 2.25. The first-order valence-electron chi connectivity index (χ1n) is 8.02. The summed E-state index contributed by atoms with van der Waals surface area (Å²) in [5, 5.41) is 3.35. The van der Waals surface area contributed by atoms with Crippen LogP contribution in [0.2, 0.25) is 0 Å². The van der Waals surface area contributed by atoms with Crippen LogP contribution < -0.4 is 11.1 Å². The number of fused-ring (bicyclic) bond motifs is 1. The number of imidazole rings is 1. The maximum atomic E-state index is 5.94. The van der Waals surface area contributed by atoms with Crippen LogP contribution in [-0.2, 0) is 0 Å². The van der Waals surface area contributed by atoms with Crippen LogP contribution in [0.15, 0.2) is 6.33 Å². The van der Waals surface area contributed by atoms with Gasteiger partial charge in [-0.15, -0.1) is 0 Å². The third-order valence-electron chi connectivity index (χ3n) is 4.64. The predicted molar refractivity (Wildman–Crippen MR) is 88.6 cm³/mol. The van der Waals surface area contributed by atoms with Crippen molar-refractivity contribution in [1.82, 2.24) is 24.8 Å².